The molecule has 2 heteroatoms. The van der Waals surface area contributed by atoms with Crippen molar-refractivity contribution in [2.45, 2.75) is 62.7 Å². The Labute approximate surface area is 80.0 Å². The minimum atomic E-state index is 0.255. The number of nitrogens with one attached hydrogen (secondary N) is 1. The van der Waals surface area contributed by atoms with Crippen LogP contribution >= 0.6 is 0 Å². The molecule has 1 aliphatic heterocycles. The summed E-state index contributed by atoms with van der Waals surface area (Å²) in [5.41, 5.74) is 0.255. The van der Waals surface area contributed by atoms with Gasteiger partial charge in [0.15, 0.2) is 0 Å². The first kappa shape index (κ1) is 8.25. The van der Waals surface area contributed by atoms with E-state index in [9.17, 15) is 0 Å². The molecule has 3 rings (SSSR count). The van der Waals surface area contributed by atoms with Crippen LogP contribution < -0.4 is 5.32 Å². The summed E-state index contributed by atoms with van der Waals surface area (Å²) < 4.78 is 6.30. The summed E-state index contributed by atoms with van der Waals surface area (Å²) in [6, 6.07) is 0.686. The molecule has 0 aromatic carbocycles. The summed E-state index contributed by atoms with van der Waals surface area (Å²) in [5.74, 6) is 0. The van der Waals surface area contributed by atoms with Crippen LogP contribution in [-0.2, 0) is 4.74 Å². The van der Waals surface area contributed by atoms with Gasteiger partial charge in [0.2, 0.25) is 0 Å². The fourth-order valence-corrected chi connectivity index (χ4v) is 3.29. The van der Waals surface area contributed by atoms with Crippen LogP contribution in [0.5, 0.6) is 0 Å². The second kappa shape index (κ2) is 2.96. The molecule has 1 spiro atoms. The van der Waals surface area contributed by atoms with Gasteiger partial charge in [0.25, 0.3) is 0 Å². The van der Waals surface area contributed by atoms with E-state index in [-0.39, 0.29) is 5.60 Å². The molecule has 0 aromatic heterocycles. The van der Waals surface area contributed by atoms with E-state index in [1.807, 2.05) is 0 Å². The van der Waals surface area contributed by atoms with Crippen molar-refractivity contribution in [3.63, 3.8) is 0 Å². The van der Waals surface area contributed by atoms with Crippen LogP contribution in [0.3, 0.4) is 0 Å². The Balaban J connectivity index is 1.73. The molecule has 0 aromatic rings. The van der Waals surface area contributed by atoms with E-state index in [2.05, 4.69) is 5.32 Å². The lowest BCUT2D eigenvalue weighted by molar-refractivity contribution is -0.122. The Hall–Kier alpha value is -0.0800. The van der Waals surface area contributed by atoms with E-state index in [4.69, 9.17) is 4.74 Å². The van der Waals surface area contributed by atoms with Crippen molar-refractivity contribution in [3.05, 3.63) is 0 Å². The fraction of sp³-hybridized carbons (Fsp3) is 1.00. The summed E-state index contributed by atoms with van der Waals surface area (Å²) in [4.78, 5) is 0. The molecule has 2 atom stereocenters. The molecule has 3 aliphatic rings. The molecule has 3 fully saturated rings. The van der Waals surface area contributed by atoms with Crippen molar-refractivity contribution in [1.29, 1.82) is 0 Å². The monoisotopic (exact) mass is 181 g/mol. The van der Waals surface area contributed by atoms with Gasteiger partial charge in [0, 0.05) is 12.6 Å². The maximum absolute atomic E-state index is 6.30. The lowest BCUT2D eigenvalue weighted by Gasteiger charge is -2.41. The van der Waals surface area contributed by atoms with Gasteiger partial charge in [-0.2, -0.15) is 0 Å². The highest BCUT2D eigenvalue weighted by atomic mass is 16.5. The van der Waals surface area contributed by atoms with E-state index in [0.717, 1.165) is 6.54 Å². The molecule has 1 N–H and O–H groups in total. The maximum atomic E-state index is 6.30. The molecule has 1 saturated heterocycles. The fourth-order valence-electron chi connectivity index (χ4n) is 3.29. The normalized spacial score (nSPS) is 42.5. The zero-order valence-electron chi connectivity index (χ0n) is 8.22. The molecule has 2 saturated carbocycles. The second-order valence-electron chi connectivity index (χ2n) is 4.96. The van der Waals surface area contributed by atoms with Gasteiger partial charge in [-0.25, -0.2) is 0 Å². The number of rotatable bonds is 0. The van der Waals surface area contributed by atoms with Crippen molar-refractivity contribution in [2.75, 3.05) is 6.54 Å². The van der Waals surface area contributed by atoms with Gasteiger partial charge in [-0.3, -0.25) is 0 Å². The predicted octanol–water partition coefficient (Wildman–Crippen LogP) is 1.84. The van der Waals surface area contributed by atoms with Crippen LogP contribution in [0.4, 0.5) is 0 Å². The van der Waals surface area contributed by atoms with Gasteiger partial charge in [0.1, 0.15) is 0 Å². The van der Waals surface area contributed by atoms with E-state index in [1.165, 1.54) is 44.9 Å². The molecule has 1 heterocycles. The quantitative estimate of drug-likeness (QED) is 0.615. The first-order valence-electron chi connectivity index (χ1n) is 5.79. The number of hydrogen-bond donors (Lipinski definition) is 1. The SMILES string of the molecule is C1CC2NCC3(CCCC3)OC2C1. The zero-order chi connectivity index (χ0) is 8.73. The lowest BCUT2D eigenvalue weighted by atomic mass is 9.97. The van der Waals surface area contributed by atoms with Crippen LogP contribution in [0.25, 0.3) is 0 Å². The summed E-state index contributed by atoms with van der Waals surface area (Å²) >= 11 is 0. The van der Waals surface area contributed by atoms with Crippen molar-refractivity contribution in [1.82, 2.24) is 5.32 Å². The van der Waals surface area contributed by atoms with E-state index in [1.54, 1.807) is 0 Å². The number of hydrogen-bond acceptors (Lipinski definition) is 2. The Bertz CT molecular complexity index is 198. The van der Waals surface area contributed by atoms with Crippen LogP contribution in [0.15, 0.2) is 0 Å². The molecular weight excluding hydrogens is 162 g/mol. The average molecular weight is 181 g/mol. The number of fused-ring (bicyclic) bond motifs is 1. The standard InChI is InChI=1S/C11H19NO/c1-2-7-11(6-1)8-12-9-4-3-5-10(9)13-11/h9-10,12H,1-8H2. The summed E-state index contributed by atoms with van der Waals surface area (Å²) in [5, 5.41) is 3.69. The molecule has 0 bridgehead atoms. The Morgan fingerprint density at radius 2 is 1.92 bits per heavy atom. The highest BCUT2D eigenvalue weighted by Crippen LogP contribution is 2.39. The summed E-state index contributed by atoms with van der Waals surface area (Å²) in [6.07, 6.45) is 9.87. The van der Waals surface area contributed by atoms with Crippen LogP contribution in [0, 0.1) is 0 Å². The third-order valence-corrected chi connectivity index (χ3v) is 4.06. The van der Waals surface area contributed by atoms with E-state index in [0.29, 0.717) is 12.1 Å². The van der Waals surface area contributed by atoms with Gasteiger partial charge in [-0.05, 0) is 32.1 Å². The Morgan fingerprint density at radius 1 is 1.08 bits per heavy atom. The molecule has 2 aliphatic carbocycles. The predicted molar refractivity (Wildman–Crippen MR) is 51.7 cm³/mol. The van der Waals surface area contributed by atoms with Crippen molar-refractivity contribution < 1.29 is 4.74 Å². The lowest BCUT2D eigenvalue weighted by Crippen LogP contribution is -2.56. The zero-order valence-corrected chi connectivity index (χ0v) is 8.22. The summed E-state index contributed by atoms with van der Waals surface area (Å²) in [6.45, 7) is 1.12. The van der Waals surface area contributed by atoms with Crippen molar-refractivity contribution in [2.24, 2.45) is 0 Å². The minimum absolute atomic E-state index is 0.255. The van der Waals surface area contributed by atoms with Crippen molar-refractivity contribution in [3.8, 4) is 0 Å². The summed E-state index contributed by atoms with van der Waals surface area (Å²) in [7, 11) is 0. The van der Waals surface area contributed by atoms with Crippen LogP contribution in [-0.4, -0.2) is 24.3 Å². The molecule has 74 valence electrons. The third kappa shape index (κ3) is 1.31. The first-order valence-corrected chi connectivity index (χ1v) is 5.79. The highest BCUT2D eigenvalue weighted by Gasteiger charge is 2.44. The van der Waals surface area contributed by atoms with E-state index >= 15 is 0 Å². The number of morpholine rings is 1. The third-order valence-electron chi connectivity index (χ3n) is 4.06. The average Bonchev–Trinajstić information content (AvgIpc) is 2.74. The minimum Gasteiger partial charge on any atom is -0.369 e. The Kier molecular flexibility index (Phi) is 1.88. The van der Waals surface area contributed by atoms with Gasteiger partial charge in [-0.15, -0.1) is 0 Å². The highest BCUT2D eigenvalue weighted by molar-refractivity contribution is 4.98. The van der Waals surface area contributed by atoms with Gasteiger partial charge < -0.3 is 10.1 Å². The maximum Gasteiger partial charge on any atom is 0.0810 e. The Morgan fingerprint density at radius 3 is 2.77 bits per heavy atom. The van der Waals surface area contributed by atoms with Crippen molar-refractivity contribution >= 4 is 0 Å². The topological polar surface area (TPSA) is 21.3 Å². The first-order chi connectivity index (χ1) is 6.38. The van der Waals surface area contributed by atoms with Crippen LogP contribution in [0.2, 0.25) is 0 Å². The number of ether oxygens (including phenoxy) is 1. The van der Waals surface area contributed by atoms with Gasteiger partial charge in [-0.1, -0.05) is 12.8 Å². The molecule has 2 nitrogen and oxygen atoms in total. The van der Waals surface area contributed by atoms with Gasteiger partial charge >= 0.3 is 0 Å². The van der Waals surface area contributed by atoms with Gasteiger partial charge in [0.05, 0.1) is 11.7 Å². The second-order valence-corrected chi connectivity index (χ2v) is 4.96. The smallest absolute Gasteiger partial charge is 0.0810 e. The molecule has 0 radical (unpaired) electrons. The molecule has 2 unspecified atom stereocenters. The molecular formula is C11H19NO. The molecule has 13 heavy (non-hydrogen) atoms. The van der Waals surface area contributed by atoms with E-state index < -0.39 is 0 Å². The molecule has 0 amide bonds. The van der Waals surface area contributed by atoms with Crippen LogP contribution in [0.1, 0.15) is 44.9 Å². The largest absolute Gasteiger partial charge is 0.369 e.